The summed E-state index contributed by atoms with van der Waals surface area (Å²) in [5, 5.41) is 10.4. The van der Waals surface area contributed by atoms with Gasteiger partial charge in [-0.3, -0.25) is 0 Å². The van der Waals surface area contributed by atoms with Crippen molar-refractivity contribution in [2.45, 2.75) is 18.6 Å². The van der Waals surface area contributed by atoms with E-state index in [4.69, 9.17) is 16.3 Å². The van der Waals surface area contributed by atoms with Crippen LogP contribution in [0.4, 0.5) is 8.78 Å². The molecule has 0 bridgehead atoms. The summed E-state index contributed by atoms with van der Waals surface area (Å²) < 4.78 is 32.7. The van der Waals surface area contributed by atoms with Crippen LogP contribution in [0.25, 0.3) is 0 Å². The van der Waals surface area contributed by atoms with E-state index in [2.05, 4.69) is 0 Å². The van der Waals surface area contributed by atoms with Crippen LogP contribution in [0.3, 0.4) is 0 Å². The van der Waals surface area contributed by atoms with Gasteiger partial charge < -0.3 is 9.84 Å². The first-order valence-electron chi connectivity index (χ1n) is 6.13. The standard InChI is InChI=1S/C15H11ClF2O2/c16-8-1-3-10(12(18)5-8)15-7-13(19)11-4-2-9(17)6-14(11)20-15/h1-6,13,15,19H,7H2. The van der Waals surface area contributed by atoms with Gasteiger partial charge in [-0.1, -0.05) is 17.7 Å². The number of aliphatic hydroxyl groups is 1. The van der Waals surface area contributed by atoms with E-state index in [0.717, 1.165) is 0 Å². The smallest absolute Gasteiger partial charge is 0.131 e. The Morgan fingerprint density at radius 2 is 1.85 bits per heavy atom. The molecule has 1 aliphatic rings. The Hall–Kier alpha value is -1.65. The molecule has 5 heteroatoms. The lowest BCUT2D eigenvalue weighted by atomic mass is 9.95. The third-order valence-electron chi connectivity index (χ3n) is 3.35. The molecule has 1 aliphatic heterocycles. The molecule has 0 aromatic heterocycles. The van der Waals surface area contributed by atoms with Crippen molar-refractivity contribution in [1.29, 1.82) is 0 Å². The Kier molecular flexibility index (Phi) is 3.36. The maximum Gasteiger partial charge on any atom is 0.131 e. The first-order chi connectivity index (χ1) is 9.54. The highest BCUT2D eigenvalue weighted by atomic mass is 35.5. The van der Waals surface area contributed by atoms with E-state index < -0.39 is 23.8 Å². The van der Waals surface area contributed by atoms with E-state index >= 15 is 0 Å². The maximum absolute atomic E-state index is 13.9. The van der Waals surface area contributed by atoms with Gasteiger partial charge >= 0.3 is 0 Å². The second-order valence-corrected chi connectivity index (χ2v) is 5.14. The van der Waals surface area contributed by atoms with Crippen LogP contribution in [0.1, 0.15) is 29.8 Å². The largest absolute Gasteiger partial charge is 0.485 e. The predicted octanol–water partition coefficient (Wildman–Crippen LogP) is 4.18. The molecule has 104 valence electrons. The molecule has 3 rings (SSSR count). The van der Waals surface area contributed by atoms with Crippen molar-refractivity contribution in [3.05, 3.63) is 64.2 Å². The van der Waals surface area contributed by atoms with Crippen molar-refractivity contribution < 1.29 is 18.6 Å². The summed E-state index contributed by atoms with van der Waals surface area (Å²) in [6, 6.07) is 8.18. The van der Waals surface area contributed by atoms with Crippen LogP contribution in [0.15, 0.2) is 36.4 Å². The maximum atomic E-state index is 13.9. The predicted molar refractivity (Wildman–Crippen MR) is 70.8 cm³/mol. The molecule has 2 aromatic carbocycles. The van der Waals surface area contributed by atoms with Crippen molar-refractivity contribution in [1.82, 2.24) is 0 Å². The Balaban J connectivity index is 1.98. The van der Waals surface area contributed by atoms with Crippen LogP contribution in [0, 0.1) is 11.6 Å². The number of benzene rings is 2. The highest BCUT2D eigenvalue weighted by Crippen LogP contribution is 2.41. The zero-order valence-electron chi connectivity index (χ0n) is 10.3. The van der Waals surface area contributed by atoms with Gasteiger partial charge in [0, 0.05) is 28.6 Å². The number of hydrogen-bond donors (Lipinski definition) is 1. The van der Waals surface area contributed by atoms with Crippen LogP contribution in [-0.2, 0) is 0 Å². The molecule has 0 spiro atoms. The average molecular weight is 297 g/mol. The van der Waals surface area contributed by atoms with Crippen LogP contribution in [0.2, 0.25) is 5.02 Å². The molecule has 0 saturated carbocycles. The number of aliphatic hydroxyl groups excluding tert-OH is 1. The van der Waals surface area contributed by atoms with Gasteiger partial charge in [0.05, 0.1) is 6.10 Å². The second-order valence-electron chi connectivity index (χ2n) is 4.71. The van der Waals surface area contributed by atoms with E-state index in [1.807, 2.05) is 0 Å². The fraction of sp³-hybridized carbons (Fsp3) is 0.200. The van der Waals surface area contributed by atoms with E-state index in [-0.39, 0.29) is 17.2 Å². The van der Waals surface area contributed by atoms with Crippen molar-refractivity contribution in [2.24, 2.45) is 0 Å². The van der Waals surface area contributed by atoms with Gasteiger partial charge in [0.2, 0.25) is 0 Å². The van der Waals surface area contributed by atoms with Crippen LogP contribution < -0.4 is 4.74 Å². The van der Waals surface area contributed by atoms with Crippen LogP contribution in [-0.4, -0.2) is 5.11 Å². The monoisotopic (exact) mass is 296 g/mol. The van der Waals surface area contributed by atoms with Gasteiger partial charge in [-0.25, -0.2) is 8.78 Å². The minimum Gasteiger partial charge on any atom is -0.485 e. The molecule has 0 radical (unpaired) electrons. The minimum atomic E-state index is -0.820. The normalized spacial score (nSPS) is 21.2. The van der Waals surface area contributed by atoms with E-state index in [0.29, 0.717) is 11.1 Å². The number of hydrogen-bond acceptors (Lipinski definition) is 2. The molecule has 20 heavy (non-hydrogen) atoms. The summed E-state index contributed by atoms with van der Waals surface area (Å²) in [5.74, 6) is -0.731. The first kappa shape index (κ1) is 13.3. The number of fused-ring (bicyclic) bond motifs is 1. The molecule has 0 saturated heterocycles. The molecule has 0 amide bonds. The van der Waals surface area contributed by atoms with Crippen LogP contribution >= 0.6 is 11.6 Å². The van der Waals surface area contributed by atoms with Crippen molar-refractivity contribution in [3.63, 3.8) is 0 Å². The van der Waals surface area contributed by atoms with Crippen LogP contribution in [0.5, 0.6) is 5.75 Å². The van der Waals surface area contributed by atoms with E-state index in [9.17, 15) is 13.9 Å². The summed E-state index contributed by atoms with van der Waals surface area (Å²) in [4.78, 5) is 0. The molecular weight excluding hydrogens is 286 g/mol. The van der Waals surface area contributed by atoms with E-state index in [1.54, 1.807) is 6.07 Å². The molecule has 2 unspecified atom stereocenters. The van der Waals surface area contributed by atoms with Gasteiger partial charge in [0.25, 0.3) is 0 Å². The summed E-state index contributed by atoms with van der Waals surface area (Å²) in [6.45, 7) is 0. The van der Waals surface area contributed by atoms with Gasteiger partial charge in [0.1, 0.15) is 23.5 Å². The zero-order valence-corrected chi connectivity index (χ0v) is 11.1. The Morgan fingerprint density at radius 3 is 2.60 bits per heavy atom. The average Bonchev–Trinajstić information content (AvgIpc) is 2.37. The summed E-state index contributed by atoms with van der Waals surface area (Å²) in [7, 11) is 0. The third-order valence-corrected chi connectivity index (χ3v) is 3.59. The second kappa shape index (κ2) is 5.04. The van der Waals surface area contributed by atoms with Crippen molar-refractivity contribution >= 4 is 11.6 Å². The summed E-state index contributed by atoms with van der Waals surface area (Å²) in [5.41, 5.74) is 0.806. The summed E-state index contributed by atoms with van der Waals surface area (Å²) >= 11 is 5.71. The lowest BCUT2D eigenvalue weighted by Crippen LogP contribution is -2.20. The SMILES string of the molecule is OC1CC(c2ccc(Cl)cc2F)Oc2cc(F)ccc21. The highest BCUT2D eigenvalue weighted by Gasteiger charge is 2.29. The number of rotatable bonds is 1. The summed E-state index contributed by atoms with van der Waals surface area (Å²) in [6.07, 6.45) is -1.28. The number of halogens is 3. The zero-order chi connectivity index (χ0) is 14.3. The quantitative estimate of drug-likeness (QED) is 0.855. The molecule has 1 heterocycles. The van der Waals surface area contributed by atoms with Gasteiger partial charge in [-0.15, -0.1) is 0 Å². The van der Waals surface area contributed by atoms with E-state index in [1.165, 1.54) is 30.3 Å². The lowest BCUT2D eigenvalue weighted by Gasteiger charge is -2.30. The fourth-order valence-corrected chi connectivity index (χ4v) is 2.53. The molecule has 0 fully saturated rings. The highest BCUT2D eigenvalue weighted by molar-refractivity contribution is 6.30. The molecular formula is C15H11ClF2O2. The molecule has 2 atom stereocenters. The van der Waals surface area contributed by atoms with Gasteiger partial charge in [-0.05, 0) is 24.3 Å². The Labute approximate surface area is 119 Å². The topological polar surface area (TPSA) is 29.5 Å². The Bertz CT molecular complexity index is 660. The fourth-order valence-electron chi connectivity index (χ4n) is 2.37. The third kappa shape index (κ3) is 2.37. The Morgan fingerprint density at radius 1 is 1.10 bits per heavy atom. The van der Waals surface area contributed by atoms with Gasteiger partial charge in [0.15, 0.2) is 0 Å². The molecule has 2 aromatic rings. The molecule has 2 nitrogen and oxygen atoms in total. The van der Waals surface area contributed by atoms with Gasteiger partial charge in [-0.2, -0.15) is 0 Å². The van der Waals surface area contributed by atoms with Crippen molar-refractivity contribution in [3.8, 4) is 5.75 Å². The molecule has 0 aliphatic carbocycles. The number of ether oxygens (including phenoxy) is 1. The van der Waals surface area contributed by atoms with Crippen molar-refractivity contribution in [2.75, 3.05) is 0 Å². The molecule has 1 N–H and O–H groups in total. The minimum absolute atomic E-state index is 0.206. The first-order valence-corrected chi connectivity index (χ1v) is 6.51. The lowest BCUT2D eigenvalue weighted by molar-refractivity contribution is 0.0637.